The van der Waals surface area contributed by atoms with Crippen LogP contribution in [-0.2, 0) is 9.59 Å². The SMILES string of the molecule is Cc1ccc(NC(=O)CCCNC(=O)C(C)(C)C)c(C)c1. The van der Waals surface area contributed by atoms with Crippen molar-refractivity contribution >= 4 is 17.5 Å². The predicted molar refractivity (Wildman–Crippen MR) is 86.2 cm³/mol. The van der Waals surface area contributed by atoms with Gasteiger partial charge in [-0.3, -0.25) is 9.59 Å². The Morgan fingerprint density at radius 2 is 1.81 bits per heavy atom. The second-order valence-electron chi connectivity index (χ2n) is 6.48. The van der Waals surface area contributed by atoms with Crippen molar-refractivity contribution < 1.29 is 9.59 Å². The number of carbonyl (C=O) groups is 2. The molecule has 21 heavy (non-hydrogen) atoms. The zero-order valence-corrected chi connectivity index (χ0v) is 13.7. The molecule has 1 aromatic rings. The molecule has 0 spiro atoms. The van der Waals surface area contributed by atoms with Crippen LogP contribution < -0.4 is 10.6 Å². The van der Waals surface area contributed by atoms with Crippen molar-refractivity contribution in [3.8, 4) is 0 Å². The van der Waals surface area contributed by atoms with Crippen LogP contribution in [0.2, 0.25) is 0 Å². The normalized spacial score (nSPS) is 11.1. The fourth-order valence-electron chi connectivity index (χ4n) is 1.88. The number of nitrogens with one attached hydrogen (secondary N) is 2. The minimum absolute atomic E-state index is 0.0114. The maximum Gasteiger partial charge on any atom is 0.225 e. The molecule has 0 atom stereocenters. The molecule has 0 saturated carbocycles. The fraction of sp³-hybridized carbons (Fsp3) is 0.529. The van der Waals surface area contributed by atoms with Crippen molar-refractivity contribution in [3.05, 3.63) is 29.3 Å². The van der Waals surface area contributed by atoms with Crippen molar-refractivity contribution in [1.82, 2.24) is 5.32 Å². The highest BCUT2D eigenvalue weighted by Crippen LogP contribution is 2.16. The predicted octanol–water partition coefficient (Wildman–Crippen LogP) is 3.18. The summed E-state index contributed by atoms with van der Waals surface area (Å²) in [5.74, 6) is -0.00996. The van der Waals surface area contributed by atoms with E-state index >= 15 is 0 Å². The standard InChI is InChI=1S/C17H26N2O2/c1-12-8-9-14(13(2)11-12)19-15(20)7-6-10-18-16(21)17(3,4)5/h8-9,11H,6-7,10H2,1-5H3,(H,18,21)(H,19,20). The summed E-state index contributed by atoms with van der Waals surface area (Å²) in [6, 6.07) is 5.94. The molecule has 1 aromatic carbocycles. The number of rotatable bonds is 5. The summed E-state index contributed by atoms with van der Waals surface area (Å²) < 4.78 is 0. The Labute approximate surface area is 127 Å². The molecule has 4 heteroatoms. The molecule has 0 aromatic heterocycles. The number of anilines is 1. The molecule has 0 fully saturated rings. The maximum absolute atomic E-state index is 11.9. The van der Waals surface area contributed by atoms with Crippen LogP contribution in [-0.4, -0.2) is 18.4 Å². The number of benzene rings is 1. The highest BCUT2D eigenvalue weighted by atomic mass is 16.2. The van der Waals surface area contributed by atoms with E-state index in [-0.39, 0.29) is 17.2 Å². The average molecular weight is 290 g/mol. The van der Waals surface area contributed by atoms with Gasteiger partial charge in [0, 0.05) is 24.1 Å². The van der Waals surface area contributed by atoms with E-state index < -0.39 is 0 Å². The maximum atomic E-state index is 11.9. The first kappa shape index (κ1) is 17.2. The van der Waals surface area contributed by atoms with E-state index in [0.29, 0.717) is 19.4 Å². The lowest BCUT2D eigenvalue weighted by Crippen LogP contribution is -2.35. The first-order chi connectivity index (χ1) is 9.70. The van der Waals surface area contributed by atoms with Crippen molar-refractivity contribution in [2.45, 2.75) is 47.5 Å². The number of hydrogen-bond donors (Lipinski definition) is 2. The third kappa shape index (κ3) is 5.98. The first-order valence-corrected chi connectivity index (χ1v) is 7.35. The Hall–Kier alpha value is -1.84. The van der Waals surface area contributed by atoms with E-state index in [4.69, 9.17) is 0 Å². The molecular formula is C17H26N2O2. The second-order valence-corrected chi connectivity index (χ2v) is 6.48. The Bertz CT molecular complexity index is 516. The van der Waals surface area contributed by atoms with Gasteiger partial charge in [-0.15, -0.1) is 0 Å². The number of amides is 2. The fourth-order valence-corrected chi connectivity index (χ4v) is 1.88. The van der Waals surface area contributed by atoms with E-state index in [2.05, 4.69) is 10.6 Å². The van der Waals surface area contributed by atoms with Crippen LogP contribution in [0, 0.1) is 19.3 Å². The molecule has 2 N–H and O–H groups in total. The molecule has 0 radical (unpaired) electrons. The quantitative estimate of drug-likeness (QED) is 0.818. The minimum Gasteiger partial charge on any atom is -0.356 e. The van der Waals surface area contributed by atoms with Crippen molar-refractivity contribution in [2.75, 3.05) is 11.9 Å². The average Bonchev–Trinajstić information content (AvgIpc) is 2.36. The number of hydrogen-bond acceptors (Lipinski definition) is 2. The number of carbonyl (C=O) groups excluding carboxylic acids is 2. The largest absolute Gasteiger partial charge is 0.356 e. The Morgan fingerprint density at radius 1 is 1.14 bits per heavy atom. The van der Waals surface area contributed by atoms with Crippen molar-refractivity contribution in [1.29, 1.82) is 0 Å². The van der Waals surface area contributed by atoms with Gasteiger partial charge in [-0.05, 0) is 31.9 Å². The van der Waals surface area contributed by atoms with Gasteiger partial charge in [-0.1, -0.05) is 38.5 Å². The van der Waals surface area contributed by atoms with E-state index in [1.165, 1.54) is 5.56 Å². The molecule has 0 heterocycles. The van der Waals surface area contributed by atoms with Gasteiger partial charge in [0.2, 0.25) is 11.8 Å². The van der Waals surface area contributed by atoms with Crippen LogP contribution in [0.5, 0.6) is 0 Å². The van der Waals surface area contributed by atoms with Gasteiger partial charge in [-0.2, -0.15) is 0 Å². The molecule has 0 bridgehead atoms. The molecule has 0 aliphatic rings. The molecule has 4 nitrogen and oxygen atoms in total. The number of aryl methyl sites for hydroxylation is 2. The van der Waals surface area contributed by atoms with Gasteiger partial charge in [0.05, 0.1) is 0 Å². The molecule has 0 saturated heterocycles. The molecule has 0 aliphatic heterocycles. The summed E-state index contributed by atoms with van der Waals surface area (Å²) in [6.07, 6.45) is 1.04. The van der Waals surface area contributed by atoms with Crippen molar-refractivity contribution in [3.63, 3.8) is 0 Å². The summed E-state index contributed by atoms with van der Waals surface area (Å²) in [5, 5.41) is 5.75. The van der Waals surface area contributed by atoms with E-state index in [1.54, 1.807) is 0 Å². The molecule has 2 amide bonds. The van der Waals surface area contributed by atoms with Crippen LogP contribution in [0.4, 0.5) is 5.69 Å². The van der Waals surface area contributed by atoms with Gasteiger partial charge in [0.15, 0.2) is 0 Å². The zero-order valence-electron chi connectivity index (χ0n) is 13.7. The highest BCUT2D eigenvalue weighted by molar-refractivity contribution is 5.91. The Balaban J connectivity index is 2.33. The lowest BCUT2D eigenvalue weighted by molar-refractivity contribution is -0.128. The smallest absolute Gasteiger partial charge is 0.225 e. The Morgan fingerprint density at radius 3 is 2.38 bits per heavy atom. The summed E-state index contributed by atoms with van der Waals surface area (Å²) in [6.45, 7) is 10.1. The van der Waals surface area contributed by atoms with Crippen LogP contribution in [0.3, 0.4) is 0 Å². The second kappa shape index (κ2) is 7.25. The van der Waals surface area contributed by atoms with Crippen LogP contribution in [0.25, 0.3) is 0 Å². The zero-order chi connectivity index (χ0) is 16.0. The molecule has 0 aliphatic carbocycles. The van der Waals surface area contributed by atoms with Crippen LogP contribution >= 0.6 is 0 Å². The van der Waals surface area contributed by atoms with Gasteiger partial charge < -0.3 is 10.6 Å². The van der Waals surface area contributed by atoms with Gasteiger partial charge in [0.1, 0.15) is 0 Å². The molecular weight excluding hydrogens is 264 g/mol. The minimum atomic E-state index is -0.388. The van der Waals surface area contributed by atoms with Crippen LogP contribution in [0.15, 0.2) is 18.2 Å². The van der Waals surface area contributed by atoms with E-state index in [1.807, 2.05) is 52.8 Å². The van der Waals surface area contributed by atoms with Crippen LogP contribution in [0.1, 0.15) is 44.7 Å². The highest BCUT2D eigenvalue weighted by Gasteiger charge is 2.20. The van der Waals surface area contributed by atoms with E-state index in [9.17, 15) is 9.59 Å². The molecule has 0 unspecified atom stereocenters. The van der Waals surface area contributed by atoms with Gasteiger partial charge >= 0.3 is 0 Å². The van der Waals surface area contributed by atoms with Crippen molar-refractivity contribution in [2.24, 2.45) is 5.41 Å². The summed E-state index contributed by atoms with van der Waals surface area (Å²) in [5.41, 5.74) is 2.70. The monoisotopic (exact) mass is 290 g/mol. The summed E-state index contributed by atoms with van der Waals surface area (Å²) in [7, 11) is 0. The summed E-state index contributed by atoms with van der Waals surface area (Å²) in [4.78, 5) is 23.5. The topological polar surface area (TPSA) is 58.2 Å². The molecule has 116 valence electrons. The lowest BCUT2D eigenvalue weighted by Gasteiger charge is -2.17. The van der Waals surface area contributed by atoms with Gasteiger partial charge in [0.25, 0.3) is 0 Å². The third-order valence-electron chi connectivity index (χ3n) is 3.20. The molecule has 1 rings (SSSR count). The first-order valence-electron chi connectivity index (χ1n) is 7.35. The summed E-state index contributed by atoms with van der Waals surface area (Å²) >= 11 is 0. The lowest BCUT2D eigenvalue weighted by atomic mass is 9.96. The Kier molecular flexibility index (Phi) is 5.94. The van der Waals surface area contributed by atoms with E-state index in [0.717, 1.165) is 11.3 Å². The third-order valence-corrected chi connectivity index (χ3v) is 3.20. The van der Waals surface area contributed by atoms with Gasteiger partial charge in [-0.25, -0.2) is 0 Å².